The first kappa shape index (κ1) is 19.6. The lowest BCUT2D eigenvalue weighted by Gasteiger charge is -2.37. The Morgan fingerprint density at radius 3 is 2.52 bits per heavy atom. The summed E-state index contributed by atoms with van der Waals surface area (Å²) in [7, 11) is 0. The summed E-state index contributed by atoms with van der Waals surface area (Å²) in [5.41, 5.74) is 0.825. The van der Waals surface area contributed by atoms with E-state index in [1.807, 2.05) is 11.8 Å². The molecule has 3 rings (SSSR count). The van der Waals surface area contributed by atoms with Gasteiger partial charge in [-0.1, -0.05) is 18.9 Å². The van der Waals surface area contributed by atoms with Crippen molar-refractivity contribution in [2.75, 3.05) is 26.2 Å². The van der Waals surface area contributed by atoms with Gasteiger partial charge in [0.1, 0.15) is 0 Å². The zero-order valence-electron chi connectivity index (χ0n) is 16.1. The van der Waals surface area contributed by atoms with E-state index in [-0.39, 0.29) is 23.4 Å². The highest BCUT2D eigenvalue weighted by Crippen LogP contribution is 2.18. The number of hydrogen-bond acceptors (Lipinski definition) is 4. The largest absolute Gasteiger partial charge is 0.352 e. The second kappa shape index (κ2) is 9.17. The van der Waals surface area contributed by atoms with Crippen LogP contribution in [0.5, 0.6) is 0 Å². The Hall–Kier alpha value is -2.15. The smallest absolute Gasteiger partial charge is 0.247 e. The minimum absolute atomic E-state index is 0.111. The van der Waals surface area contributed by atoms with Gasteiger partial charge in [0.05, 0.1) is 6.04 Å². The summed E-state index contributed by atoms with van der Waals surface area (Å²) in [6.07, 6.45) is 7.32. The van der Waals surface area contributed by atoms with Crippen LogP contribution < -0.4 is 10.9 Å². The Bertz CT molecular complexity index is 683. The first-order valence-corrected chi connectivity index (χ1v) is 10.0. The van der Waals surface area contributed by atoms with E-state index >= 15 is 0 Å². The SMILES string of the molecule is CC(C(=O)NC1CCCC1)N1CCN(C(=O)CCc2ccc(=O)[nH]c2)CC1. The molecule has 1 unspecified atom stereocenters. The van der Waals surface area contributed by atoms with Crippen molar-refractivity contribution in [1.29, 1.82) is 0 Å². The highest BCUT2D eigenvalue weighted by Gasteiger charge is 2.28. The van der Waals surface area contributed by atoms with Crippen molar-refractivity contribution in [3.05, 3.63) is 34.2 Å². The molecule has 1 aromatic heterocycles. The number of carbonyl (C=O) groups excluding carboxylic acids is 2. The number of hydrogen-bond donors (Lipinski definition) is 2. The Balaban J connectivity index is 1.40. The molecule has 2 heterocycles. The standard InChI is InChI=1S/C20H30N4O3/c1-15(20(27)22-17-4-2-3-5-17)23-10-12-24(13-11-23)19(26)9-7-16-6-8-18(25)21-14-16/h6,8,14-15,17H,2-5,7,9-13H2,1H3,(H,21,25)(H,22,27). The number of nitrogens with zero attached hydrogens (tertiary/aromatic N) is 2. The number of amides is 2. The zero-order chi connectivity index (χ0) is 19.2. The zero-order valence-corrected chi connectivity index (χ0v) is 16.1. The van der Waals surface area contributed by atoms with E-state index in [2.05, 4.69) is 15.2 Å². The lowest BCUT2D eigenvalue weighted by Crippen LogP contribution is -2.55. The fourth-order valence-corrected chi connectivity index (χ4v) is 3.92. The van der Waals surface area contributed by atoms with Crippen molar-refractivity contribution in [3.8, 4) is 0 Å². The van der Waals surface area contributed by atoms with Crippen LogP contribution in [0.15, 0.2) is 23.1 Å². The summed E-state index contributed by atoms with van der Waals surface area (Å²) in [4.78, 5) is 42.6. The number of aromatic nitrogens is 1. The predicted octanol–water partition coefficient (Wildman–Crippen LogP) is 0.899. The van der Waals surface area contributed by atoms with Gasteiger partial charge in [-0.3, -0.25) is 19.3 Å². The molecule has 2 amide bonds. The predicted molar refractivity (Wildman–Crippen MR) is 103 cm³/mol. The molecule has 0 aromatic carbocycles. The first-order chi connectivity index (χ1) is 13.0. The maximum atomic E-state index is 12.4. The molecule has 1 aliphatic carbocycles. The Morgan fingerprint density at radius 2 is 1.89 bits per heavy atom. The molecule has 7 nitrogen and oxygen atoms in total. The molecule has 1 saturated carbocycles. The topological polar surface area (TPSA) is 85.5 Å². The van der Waals surface area contributed by atoms with Gasteiger partial charge in [-0.05, 0) is 31.7 Å². The van der Waals surface area contributed by atoms with E-state index in [9.17, 15) is 14.4 Å². The van der Waals surface area contributed by atoms with Crippen molar-refractivity contribution >= 4 is 11.8 Å². The van der Waals surface area contributed by atoms with Gasteiger partial charge in [0, 0.05) is 50.9 Å². The fourth-order valence-electron chi connectivity index (χ4n) is 3.92. The highest BCUT2D eigenvalue weighted by atomic mass is 16.2. The number of rotatable bonds is 6. The van der Waals surface area contributed by atoms with Gasteiger partial charge in [-0.25, -0.2) is 0 Å². The lowest BCUT2D eigenvalue weighted by atomic mass is 10.1. The third-order valence-electron chi connectivity index (χ3n) is 5.77. The average molecular weight is 374 g/mol. The summed E-state index contributed by atoms with van der Waals surface area (Å²) < 4.78 is 0. The van der Waals surface area contributed by atoms with Gasteiger partial charge in [-0.15, -0.1) is 0 Å². The van der Waals surface area contributed by atoms with Crippen molar-refractivity contribution in [3.63, 3.8) is 0 Å². The maximum absolute atomic E-state index is 12.4. The molecule has 1 aromatic rings. The van der Waals surface area contributed by atoms with E-state index in [1.54, 1.807) is 12.3 Å². The van der Waals surface area contributed by atoms with Crippen LogP contribution in [0.1, 0.15) is 44.6 Å². The minimum Gasteiger partial charge on any atom is -0.352 e. The van der Waals surface area contributed by atoms with E-state index in [0.717, 1.165) is 31.5 Å². The van der Waals surface area contributed by atoms with Crippen molar-refractivity contribution in [1.82, 2.24) is 20.1 Å². The van der Waals surface area contributed by atoms with Crippen molar-refractivity contribution in [2.45, 2.75) is 57.5 Å². The summed E-state index contributed by atoms with van der Waals surface area (Å²) >= 11 is 0. The quantitative estimate of drug-likeness (QED) is 0.775. The number of pyridine rings is 1. The molecule has 27 heavy (non-hydrogen) atoms. The molecule has 2 fully saturated rings. The normalized spacial score (nSPS) is 19.8. The molecule has 1 atom stereocenters. The summed E-state index contributed by atoms with van der Waals surface area (Å²) in [6, 6.07) is 3.44. The monoisotopic (exact) mass is 374 g/mol. The van der Waals surface area contributed by atoms with Crippen molar-refractivity contribution in [2.24, 2.45) is 0 Å². The van der Waals surface area contributed by atoms with Gasteiger partial charge < -0.3 is 15.2 Å². The third kappa shape index (κ3) is 5.42. The van der Waals surface area contributed by atoms with Gasteiger partial charge in [0.15, 0.2) is 0 Å². The molecule has 2 N–H and O–H groups in total. The van der Waals surface area contributed by atoms with Crippen LogP contribution in [0.3, 0.4) is 0 Å². The summed E-state index contributed by atoms with van der Waals surface area (Å²) in [5.74, 6) is 0.239. The van der Waals surface area contributed by atoms with E-state index < -0.39 is 0 Å². The van der Waals surface area contributed by atoms with Crippen LogP contribution in [0, 0.1) is 0 Å². The highest BCUT2D eigenvalue weighted by molar-refractivity contribution is 5.81. The van der Waals surface area contributed by atoms with Gasteiger partial charge in [0.25, 0.3) is 0 Å². The lowest BCUT2D eigenvalue weighted by molar-refractivity contribution is -0.134. The van der Waals surface area contributed by atoms with Crippen LogP contribution in [-0.4, -0.2) is 64.9 Å². The minimum atomic E-state index is -0.149. The molecule has 1 saturated heterocycles. The van der Waals surface area contributed by atoms with Gasteiger partial charge in [0.2, 0.25) is 17.4 Å². The fraction of sp³-hybridized carbons (Fsp3) is 0.650. The number of H-pyrrole nitrogens is 1. The number of aryl methyl sites for hydroxylation is 1. The molecule has 0 spiro atoms. The molecule has 2 aliphatic rings. The molecule has 0 radical (unpaired) electrons. The molecule has 1 aliphatic heterocycles. The van der Waals surface area contributed by atoms with Crippen LogP contribution in [0.2, 0.25) is 0 Å². The third-order valence-corrected chi connectivity index (χ3v) is 5.77. The number of aromatic amines is 1. The van der Waals surface area contributed by atoms with Crippen LogP contribution in [0.25, 0.3) is 0 Å². The molecule has 148 valence electrons. The Morgan fingerprint density at radius 1 is 1.19 bits per heavy atom. The molecule has 7 heteroatoms. The number of piperazine rings is 1. The second-order valence-electron chi connectivity index (χ2n) is 7.64. The molecular weight excluding hydrogens is 344 g/mol. The second-order valence-corrected chi connectivity index (χ2v) is 7.64. The van der Waals surface area contributed by atoms with E-state index in [4.69, 9.17) is 0 Å². The number of nitrogens with one attached hydrogen (secondary N) is 2. The first-order valence-electron chi connectivity index (χ1n) is 10.0. The molecule has 0 bridgehead atoms. The number of carbonyl (C=O) groups is 2. The maximum Gasteiger partial charge on any atom is 0.247 e. The van der Waals surface area contributed by atoms with E-state index in [1.165, 1.54) is 18.9 Å². The average Bonchev–Trinajstić information content (AvgIpc) is 3.20. The molecular formula is C20H30N4O3. The van der Waals surface area contributed by atoms with Crippen molar-refractivity contribution < 1.29 is 9.59 Å². The van der Waals surface area contributed by atoms with Crippen LogP contribution in [-0.2, 0) is 16.0 Å². The van der Waals surface area contributed by atoms with Crippen LogP contribution >= 0.6 is 0 Å². The van der Waals surface area contributed by atoms with Crippen LogP contribution in [0.4, 0.5) is 0 Å². The van der Waals surface area contributed by atoms with E-state index in [0.29, 0.717) is 32.0 Å². The Labute approximate surface area is 160 Å². The van der Waals surface area contributed by atoms with Gasteiger partial charge >= 0.3 is 0 Å². The summed E-state index contributed by atoms with van der Waals surface area (Å²) in [6.45, 7) is 4.72. The Kier molecular flexibility index (Phi) is 6.66. The summed E-state index contributed by atoms with van der Waals surface area (Å²) in [5, 5.41) is 3.17. The van der Waals surface area contributed by atoms with Gasteiger partial charge in [-0.2, -0.15) is 0 Å².